The molecule has 1 aromatic heterocycles. The van der Waals surface area contributed by atoms with Crippen molar-refractivity contribution in [2.24, 2.45) is 0 Å². The van der Waals surface area contributed by atoms with Gasteiger partial charge in [0.05, 0.1) is 0 Å². The van der Waals surface area contributed by atoms with Crippen LogP contribution in [0.3, 0.4) is 0 Å². The van der Waals surface area contributed by atoms with Crippen molar-refractivity contribution >= 4 is 10.8 Å². The Morgan fingerprint density at radius 3 is 2.58 bits per heavy atom. The summed E-state index contributed by atoms with van der Waals surface area (Å²) in [6.45, 7) is 4.15. The van der Waals surface area contributed by atoms with Crippen LogP contribution in [0.5, 0.6) is 0 Å². The molecule has 0 atom stereocenters. The Labute approximate surface area is 113 Å². The van der Waals surface area contributed by atoms with Crippen LogP contribution in [-0.4, -0.2) is 29.1 Å². The highest BCUT2D eigenvalue weighted by atomic mass is 16.1. The van der Waals surface area contributed by atoms with Gasteiger partial charge in [0.1, 0.15) is 0 Å². The predicted octanol–water partition coefficient (Wildman–Crippen LogP) is 2.49. The number of likely N-dealkylation sites (tertiary alicyclic amines) is 1. The van der Waals surface area contributed by atoms with Gasteiger partial charge in [0, 0.05) is 24.7 Å². The van der Waals surface area contributed by atoms with Crippen molar-refractivity contribution in [2.45, 2.75) is 25.8 Å². The number of fused-ring (bicyclic) bond motifs is 1. The fourth-order valence-electron chi connectivity index (χ4n) is 2.84. The average molecular weight is 256 g/mol. The Morgan fingerprint density at radius 2 is 1.74 bits per heavy atom. The van der Waals surface area contributed by atoms with Crippen molar-refractivity contribution in [3.8, 4) is 0 Å². The van der Waals surface area contributed by atoms with Crippen molar-refractivity contribution in [2.75, 3.05) is 19.6 Å². The predicted molar refractivity (Wildman–Crippen MR) is 78.5 cm³/mol. The first kappa shape index (κ1) is 12.4. The molecule has 1 fully saturated rings. The maximum atomic E-state index is 12.3. The quantitative estimate of drug-likeness (QED) is 0.843. The fraction of sp³-hybridized carbons (Fsp3) is 0.438. The minimum atomic E-state index is 0.134. The molecule has 1 aliphatic rings. The molecule has 0 bridgehead atoms. The molecule has 0 unspecified atom stereocenters. The van der Waals surface area contributed by atoms with E-state index in [-0.39, 0.29) is 5.56 Å². The van der Waals surface area contributed by atoms with Gasteiger partial charge in [-0.05, 0) is 43.5 Å². The molecule has 1 saturated heterocycles. The first-order valence-corrected chi connectivity index (χ1v) is 7.15. The number of benzene rings is 1. The number of rotatable bonds is 3. The zero-order valence-electron chi connectivity index (χ0n) is 11.2. The van der Waals surface area contributed by atoms with Crippen molar-refractivity contribution in [3.05, 3.63) is 46.9 Å². The third kappa shape index (κ3) is 2.71. The smallest absolute Gasteiger partial charge is 0.258 e. The van der Waals surface area contributed by atoms with Crippen molar-refractivity contribution < 1.29 is 0 Å². The molecule has 3 rings (SSSR count). The average Bonchev–Trinajstić information content (AvgIpc) is 2.48. The van der Waals surface area contributed by atoms with Crippen LogP contribution in [0.15, 0.2) is 41.3 Å². The Morgan fingerprint density at radius 1 is 0.947 bits per heavy atom. The van der Waals surface area contributed by atoms with Crippen molar-refractivity contribution in [1.82, 2.24) is 9.47 Å². The number of hydrogen-bond donors (Lipinski definition) is 0. The van der Waals surface area contributed by atoms with Crippen LogP contribution in [0.25, 0.3) is 10.8 Å². The normalized spacial score (nSPS) is 16.8. The van der Waals surface area contributed by atoms with Gasteiger partial charge in [-0.3, -0.25) is 4.79 Å². The van der Waals surface area contributed by atoms with E-state index in [1.165, 1.54) is 32.4 Å². The lowest BCUT2D eigenvalue weighted by Crippen LogP contribution is -2.34. The Bertz CT molecular complexity index is 611. The van der Waals surface area contributed by atoms with Crippen LogP contribution in [0.4, 0.5) is 0 Å². The summed E-state index contributed by atoms with van der Waals surface area (Å²) in [5.74, 6) is 0. The van der Waals surface area contributed by atoms with Crippen LogP contribution in [0, 0.1) is 0 Å². The molecule has 2 heterocycles. The number of hydrogen-bond acceptors (Lipinski definition) is 2. The maximum absolute atomic E-state index is 12.3. The second-order valence-corrected chi connectivity index (χ2v) is 5.30. The van der Waals surface area contributed by atoms with Gasteiger partial charge in [-0.25, -0.2) is 0 Å². The monoisotopic (exact) mass is 256 g/mol. The van der Waals surface area contributed by atoms with Gasteiger partial charge in [-0.1, -0.05) is 24.6 Å². The van der Waals surface area contributed by atoms with Crippen LogP contribution in [0.2, 0.25) is 0 Å². The van der Waals surface area contributed by atoms with E-state index in [9.17, 15) is 4.79 Å². The summed E-state index contributed by atoms with van der Waals surface area (Å²) in [6, 6.07) is 9.84. The van der Waals surface area contributed by atoms with Gasteiger partial charge in [-0.2, -0.15) is 0 Å². The van der Waals surface area contributed by atoms with Gasteiger partial charge < -0.3 is 9.47 Å². The van der Waals surface area contributed by atoms with Crippen LogP contribution < -0.4 is 5.56 Å². The molecule has 0 amide bonds. The molecule has 0 radical (unpaired) electrons. The van der Waals surface area contributed by atoms with Gasteiger partial charge >= 0.3 is 0 Å². The minimum absolute atomic E-state index is 0.134. The van der Waals surface area contributed by atoms with E-state index < -0.39 is 0 Å². The first-order chi connectivity index (χ1) is 9.34. The lowest BCUT2D eigenvalue weighted by atomic mass is 10.1. The van der Waals surface area contributed by atoms with Crippen LogP contribution in [0.1, 0.15) is 19.3 Å². The molecule has 2 aromatic rings. The Balaban J connectivity index is 1.77. The molecular weight excluding hydrogens is 236 g/mol. The third-order valence-electron chi connectivity index (χ3n) is 3.99. The van der Waals surface area contributed by atoms with E-state index in [0.717, 1.165) is 23.9 Å². The molecule has 1 aliphatic heterocycles. The highest BCUT2D eigenvalue weighted by Crippen LogP contribution is 2.10. The van der Waals surface area contributed by atoms with E-state index >= 15 is 0 Å². The summed E-state index contributed by atoms with van der Waals surface area (Å²) in [5.41, 5.74) is 0.134. The molecule has 19 heavy (non-hydrogen) atoms. The lowest BCUT2D eigenvalue weighted by Gasteiger charge is -2.26. The molecule has 3 heteroatoms. The van der Waals surface area contributed by atoms with Gasteiger partial charge in [0.25, 0.3) is 5.56 Å². The van der Waals surface area contributed by atoms with E-state index in [4.69, 9.17) is 0 Å². The lowest BCUT2D eigenvalue weighted by molar-refractivity contribution is 0.220. The maximum Gasteiger partial charge on any atom is 0.258 e. The Kier molecular flexibility index (Phi) is 3.65. The third-order valence-corrected chi connectivity index (χ3v) is 3.99. The van der Waals surface area contributed by atoms with Crippen LogP contribution >= 0.6 is 0 Å². The zero-order chi connectivity index (χ0) is 13.1. The number of pyridine rings is 1. The minimum Gasteiger partial charge on any atom is -0.314 e. The topological polar surface area (TPSA) is 25.2 Å². The summed E-state index contributed by atoms with van der Waals surface area (Å²) in [6.07, 6.45) is 5.88. The SMILES string of the molecule is O=c1c2ccccc2ccn1CCN1CCCCC1. The standard InChI is InChI=1S/C16H20N2O/c19-16-15-7-3-2-6-14(15)8-11-18(16)13-12-17-9-4-1-5-10-17/h2-3,6-8,11H,1,4-5,9-10,12-13H2. The van der Waals surface area contributed by atoms with E-state index in [1.54, 1.807) is 0 Å². The van der Waals surface area contributed by atoms with Gasteiger partial charge in [-0.15, -0.1) is 0 Å². The molecule has 1 aromatic carbocycles. The summed E-state index contributed by atoms with van der Waals surface area (Å²) in [4.78, 5) is 14.8. The second kappa shape index (κ2) is 5.57. The molecule has 0 saturated carbocycles. The second-order valence-electron chi connectivity index (χ2n) is 5.30. The molecule has 100 valence electrons. The molecule has 0 N–H and O–H groups in total. The van der Waals surface area contributed by atoms with Gasteiger partial charge in [0.2, 0.25) is 0 Å². The summed E-state index contributed by atoms with van der Waals surface area (Å²) in [7, 11) is 0. The fourth-order valence-corrected chi connectivity index (χ4v) is 2.84. The molecular formula is C16H20N2O. The number of nitrogens with zero attached hydrogens (tertiary/aromatic N) is 2. The Hall–Kier alpha value is -1.61. The number of aromatic nitrogens is 1. The van der Waals surface area contributed by atoms with Crippen molar-refractivity contribution in [1.29, 1.82) is 0 Å². The first-order valence-electron chi connectivity index (χ1n) is 7.15. The molecule has 3 nitrogen and oxygen atoms in total. The van der Waals surface area contributed by atoms with E-state index in [1.807, 2.05) is 41.1 Å². The number of piperidine rings is 1. The summed E-state index contributed by atoms with van der Waals surface area (Å²) < 4.78 is 1.84. The highest BCUT2D eigenvalue weighted by molar-refractivity contribution is 5.81. The van der Waals surface area contributed by atoms with Gasteiger partial charge in [0.15, 0.2) is 0 Å². The van der Waals surface area contributed by atoms with E-state index in [2.05, 4.69) is 4.90 Å². The largest absolute Gasteiger partial charge is 0.314 e. The molecule has 0 spiro atoms. The summed E-state index contributed by atoms with van der Waals surface area (Å²) in [5, 5.41) is 1.85. The zero-order valence-corrected chi connectivity index (χ0v) is 11.2. The van der Waals surface area contributed by atoms with E-state index in [0.29, 0.717) is 0 Å². The molecule has 0 aliphatic carbocycles. The van der Waals surface area contributed by atoms with Crippen LogP contribution in [-0.2, 0) is 6.54 Å². The van der Waals surface area contributed by atoms with Crippen molar-refractivity contribution in [3.63, 3.8) is 0 Å². The summed E-state index contributed by atoms with van der Waals surface area (Å²) >= 11 is 0. The highest BCUT2D eigenvalue weighted by Gasteiger charge is 2.10.